The van der Waals surface area contributed by atoms with Gasteiger partial charge >= 0.3 is 0 Å². The Labute approximate surface area is 113 Å². The molecule has 1 aliphatic rings. The summed E-state index contributed by atoms with van der Waals surface area (Å²) in [6.45, 7) is 2.76. The van der Waals surface area contributed by atoms with Gasteiger partial charge in [0.1, 0.15) is 5.69 Å². The molecule has 2 rings (SSSR count). The molecule has 18 heavy (non-hydrogen) atoms. The fourth-order valence-corrected chi connectivity index (χ4v) is 2.60. The monoisotopic (exact) mass is 269 g/mol. The summed E-state index contributed by atoms with van der Waals surface area (Å²) in [7, 11) is 1.98. The molecule has 1 aromatic heterocycles. The highest BCUT2D eigenvalue weighted by Gasteiger charge is 2.23. The zero-order valence-electron chi connectivity index (χ0n) is 10.7. The van der Waals surface area contributed by atoms with Gasteiger partial charge in [-0.05, 0) is 44.8 Å². The van der Waals surface area contributed by atoms with Crippen molar-refractivity contribution in [3.05, 3.63) is 23.0 Å². The first-order chi connectivity index (χ1) is 8.70. The van der Waals surface area contributed by atoms with Gasteiger partial charge in [0.25, 0.3) is 5.91 Å². The Kier molecular flexibility index (Phi) is 4.66. The summed E-state index contributed by atoms with van der Waals surface area (Å²) < 4.78 is 0. The quantitative estimate of drug-likeness (QED) is 0.880. The van der Waals surface area contributed by atoms with Crippen LogP contribution in [0.15, 0.2) is 12.3 Å². The summed E-state index contributed by atoms with van der Waals surface area (Å²) >= 11 is 5.81. The van der Waals surface area contributed by atoms with Crippen LogP contribution >= 0.6 is 11.6 Å². The van der Waals surface area contributed by atoms with Crippen molar-refractivity contribution in [2.75, 3.05) is 26.7 Å². The number of rotatable bonds is 4. The lowest BCUT2D eigenvalue weighted by Gasteiger charge is -2.31. The van der Waals surface area contributed by atoms with Crippen molar-refractivity contribution >= 4 is 17.5 Å². The maximum absolute atomic E-state index is 12.2. The number of likely N-dealkylation sites (tertiary alicyclic amines) is 1. The molecule has 0 unspecified atom stereocenters. The average molecular weight is 270 g/mol. The van der Waals surface area contributed by atoms with Crippen molar-refractivity contribution in [1.29, 1.82) is 0 Å². The van der Waals surface area contributed by atoms with Gasteiger partial charge in [0.05, 0.1) is 5.02 Å². The number of carbonyl (C=O) groups is 1. The Morgan fingerprint density at radius 1 is 1.56 bits per heavy atom. The Hall–Kier alpha value is -1.00. The van der Waals surface area contributed by atoms with E-state index >= 15 is 0 Å². The van der Waals surface area contributed by atoms with E-state index in [0.717, 1.165) is 38.4 Å². The van der Waals surface area contributed by atoms with Crippen LogP contribution in [0.1, 0.15) is 29.8 Å². The van der Waals surface area contributed by atoms with Crippen LogP contribution in [0.5, 0.6) is 0 Å². The molecule has 100 valence electrons. The highest BCUT2D eigenvalue weighted by atomic mass is 35.5. The molecule has 2 N–H and O–H groups in total. The van der Waals surface area contributed by atoms with E-state index in [2.05, 4.69) is 10.3 Å². The lowest BCUT2D eigenvalue weighted by atomic mass is 9.93. The fraction of sp³-hybridized carbons (Fsp3) is 0.615. The number of aromatic amines is 1. The van der Waals surface area contributed by atoms with Crippen LogP contribution in [0.3, 0.4) is 0 Å². The predicted octanol–water partition coefficient (Wildman–Crippen LogP) is 2.13. The molecule has 0 spiro atoms. The Bertz CT molecular complexity index is 397. The standard InChI is InChI=1S/C13H20ClN3O/c1-15-5-2-10-3-6-17(7-4-10)13(18)12-8-11(14)9-16-12/h8-10,15-16H,2-7H2,1H3. The van der Waals surface area contributed by atoms with Gasteiger partial charge in [-0.25, -0.2) is 0 Å². The van der Waals surface area contributed by atoms with Crippen molar-refractivity contribution in [2.45, 2.75) is 19.3 Å². The van der Waals surface area contributed by atoms with Gasteiger partial charge in [-0.15, -0.1) is 0 Å². The van der Waals surface area contributed by atoms with E-state index in [0.29, 0.717) is 10.7 Å². The Morgan fingerprint density at radius 2 is 2.28 bits per heavy atom. The lowest BCUT2D eigenvalue weighted by Crippen LogP contribution is -2.39. The third-order valence-corrected chi connectivity index (χ3v) is 3.80. The Balaban J connectivity index is 1.84. The van der Waals surface area contributed by atoms with Gasteiger partial charge in [0.2, 0.25) is 0 Å². The van der Waals surface area contributed by atoms with Crippen molar-refractivity contribution in [3.63, 3.8) is 0 Å². The first-order valence-electron chi connectivity index (χ1n) is 6.48. The van der Waals surface area contributed by atoms with Crippen molar-refractivity contribution in [1.82, 2.24) is 15.2 Å². The third-order valence-electron chi connectivity index (χ3n) is 3.58. The molecule has 1 saturated heterocycles. The highest BCUT2D eigenvalue weighted by Crippen LogP contribution is 2.21. The van der Waals surface area contributed by atoms with Gasteiger partial charge in [-0.2, -0.15) is 0 Å². The van der Waals surface area contributed by atoms with Crippen molar-refractivity contribution < 1.29 is 4.79 Å². The molecule has 5 heteroatoms. The highest BCUT2D eigenvalue weighted by molar-refractivity contribution is 6.30. The maximum atomic E-state index is 12.2. The summed E-state index contributed by atoms with van der Waals surface area (Å²) in [6, 6.07) is 1.69. The SMILES string of the molecule is CNCCC1CCN(C(=O)c2cc(Cl)c[nH]2)CC1. The molecule has 1 aliphatic heterocycles. The molecule has 0 bridgehead atoms. The first kappa shape index (κ1) is 13.4. The molecule has 0 atom stereocenters. The molecular formula is C13H20ClN3O. The average Bonchev–Trinajstić information content (AvgIpc) is 2.83. The molecule has 1 amide bonds. The molecule has 0 radical (unpaired) electrons. The zero-order chi connectivity index (χ0) is 13.0. The van der Waals surface area contributed by atoms with E-state index in [4.69, 9.17) is 11.6 Å². The van der Waals surface area contributed by atoms with Gasteiger partial charge in [0.15, 0.2) is 0 Å². The van der Waals surface area contributed by atoms with Crippen molar-refractivity contribution in [3.8, 4) is 0 Å². The fourth-order valence-electron chi connectivity index (χ4n) is 2.43. The minimum atomic E-state index is 0.0639. The first-order valence-corrected chi connectivity index (χ1v) is 6.86. The minimum absolute atomic E-state index is 0.0639. The van der Waals surface area contributed by atoms with Crippen LogP contribution in [0.2, 0.25) is 5.02 Å². The van der Waals surface area contributed by atoms with E-state index in [1.165, 1.54) is 6.42 Å². The van der Waals surface area contributed by atoms with Crippen LogP contribution in [0.25, 0.3) is 0 Å². The maximum Gasteiger partial charge on any atom is 0.270 e. The molecule has 0 aromatic carbocycles. The van der Waals surface area contributed by atoms with Gasteiger partial charge in [-0.3, -0.25) is 4.79 Å². The second-order valence-electron chi connectivity index (χ2n) is 4.86. The summed E-state index contributed by atoms with van der Waals surface area (Å²) in [5.41, 5.74) is 0.591. The van der Waals surface area contributed by atoms with Crippen molar-refractivity contribution in [2.24, 2.45) is 5.92 Å². The number of piperidine rings is 1. The summed E-state index contributed by atoms with van der Waals surface area (Å²) in [5.74, 6) is 0.808. The summed E-state index contributed by atoms with van der Waals surface area (Å²) in [4.78, 5) is 17.0. The second-order valence-corrected chi connectivity index (χ2v) is 5.30. The molecule has 0 saturated carbocycles. The molecule has 1 aromatic rings. The number of carbonyl (C=O) groups excluding carboxylic acids is 1. The van der Waals surface area contributed by atoms with E-state index < -0.39 is 0 Å². The van der Waals surface area contributed by atoms with E-state index in [9.17, 15) is 4.79 Å². The molecule has 4 nitrogen and oxygen atoms in total. The zero-order valence-corrected chi connectivity index (χ0v) is 11.5. The molecule has 1 fully saturated rings. The molecule has 0 aliphatic carbocycles. The lowest BCUT2D eigenvalue weighted by molar-refractivity contribution is 0.0682. The number of aromatic nitrogens is 1. The normalized spacial score (nSPS) is 17.1. The molecular weight excluding hydrogens is 250 g/mol. The van der Waals surface area contributed by atoms with Crippen LogP contribution in [0.4, 0.5) is 0 Å². The van der Waals surface area contributed by atoms with E-state index in [1.807, 2.05) is 11.9 Å². The largest absolute Gasteiger partial charge is 0.356 e. The van der Waals surface area contributed by atoms with Gasteiger partial charge in [-0.1, -0.05) is 11.6 Å². The van der Waals surface area contributed by atoms with Crippen LogP contribution < -0.4 is 5.32 Å². The van der Waals surface area contributed by atoms with Crippen LogP contribution in [-0.4, -0.2) is 42.5 Å². The number of halogens is 1. The van der Waals surface area contributed by atoms with E-state index in [1.54, 1.807) is 12.3 Å². The predicted molar refractivity (Wildman–Crippen MR) is 73.0 cm³/mol. The second kappa shape index (κ2) is 6.25. The number of nitrogens with one attached hydrogen (secondary N) is 2. The number of amides is 1. The summed E-state index contributed by atoms with van der Waals surface area (Å²) in [5, 5.41) is 3.76. The smallest absolute Gasteiger partial charge is 0.270 e. The third kappa shape index (κ3) is 3.27. The number of hydrogen-bond acceptors (Lipinski definition) is 2. The number of nitrogens with zero attached hydrogens (tertiary/aromatic N) is 1. The van der Waals surface area contributed by atoms with Gasteiger partial charge < -0.3 is 15.2 Å². The van der Waals surface area contributed by atoms with Crippen LogP contribution in [-0.2, 0) is 0 Å². The number of H-pyrrole nitrogens is 1. The summed E-state index contributed by atoms with van der Waals surface area (Å²) in [6.07, 6.45) is 5.05. The minimum Gasteiger partial charge on any atom is -0.356 e. The number of hydrogen-bond donors (Lipinski definition) is 2. The Morgan fingerprint density at radius 3 is 2.83 bits per heavy atom. The molecule has 2 heterocycles. The van der Waals surface area contributed by atoms with E-state index in [-0.39, 0.29) is 5.91 Å². The van der Waals surface area contributed by atoms with Crippen LogP contribution in [0, 0.1) is 5.92 Å². The topological polar surface area (TPSA) is 48.1 Å². The van der Waals surface area contributed by atoms with Gasteiger partial charge in [0, 0.05) is 19.3 Å².